The smallest absolute Gasteiger partial charge is 0.252 e. The normalized spacial score (nSPS) is 26.2. The van der Waals surface area contributed by atoms with Crippen LogP contribution in [0.5, 0.6) is 0 Å². The molecule has 3 rings (SSSR count). The molecule has 0 amide bonds. The van der Waals surface area contributed by atoms with E-state index in [1.807, 2.05) is 24.3 Å². The van der Waals surface area contributed by atoms with E-state index in [4.69, 9.17) is 5.73 Å². The van der Waals surface area contributed by atoms with E-state index < -0.39 is 11.5 Å². The second-order valence-electron chi connectivity index (χ2n) is 5.26. The monoisotopic (exact) mass is 223 g/mol. The number of alkyl halides is 2. The molecule has 0 heterocycles. The van der Waals surface area contributed by atoms with Gasteiger partial charge in [0.2, 0.25) is 0 Å². The Morgan fingerprint density at radius 1 is 1.06 bits per heavy atom. The number of halogens is 2. The van der Waals surface area contributed by atoms with Crippen molar-refractivity contribution in [3.8, 4) is 0 Å². The average Bonchev–Trinajstić information content (AvgIpc) is 2.98. The van der Waals surface area contributed by atoms with E-state index in [0.717, 1.165) is 5.56 Å². The molecule has 0 aliphatic heterocycles. The van der Waals surface area contributed by atoms with E-state index in [9.17, 15) is 8.78 Å². The predicted octanol–water partition coefficient (Wildman–Crippen LogP) is 3.15. The quantitative estimate of drug-likeness (QED) is 0.819. The second kappa shape index (κ2) is 3.04. The number of benzene rings is 1. The van der Waals surface area contributed by atoms with Crippen LogP contribution in [0.3, 0.4) is 0 Å². The van der Waals surface area contributed by atoms with Crippen LogP contribution in [0.1, 0.15) is 42.7 Å². The van der Waals surface area contributed by atoms with Crippen molar-refractivity contribution < 1.29 is 8.78 Å². The first-order chi connectivity index (χ1) is 7.49. The number of hydrogen-bond donors (Lipinski definition) is 1. The first kappa shape index (κ1) is 10.2. The molecule has 1 aromatic carbocycles. The van der Waals surface area contributed by atoms with Crippen molar-refractivity contribution in [3.05, 3.63) is 35.4 Å². The molecule has 0 atom stereocenters. The molecule has 2 fully saturated rings. The lowest BCUT2D eigenvalue weighted by molar-refractivity contribution is -0.125. The van der Waals surface area contributed by atoms with Gasteiger partial charge in [0.25, 0.3) is 5.92 Å². The third-order valence-corrected chi connectivity index (χ3v) is 3.68. The van der Waals surface area contributed by atoms with Crippen molar-refractivity contribution in [2.24, 2.45) is 5.73 Å². The van der Waals surface area contributed by atoms with E-state index in [0.29, 0.717) is 5.92 Å². The van der Waals surface area contributed by atoms with Crippen LogP contribution in [0.15, 0.2) is 24.3 Å². The molecule has 0 radical (unpaired) electrons. The van der Waals surface area contributed by atoms with Crippen LogP contribution in [-0.2, 0) is 5.54 Å². The van der Waals surface area contributed by atoms with Gasteiger partial charge in [-0.1, -0.05) is 24.3 Å². The van der Waals surface area contributed by atoms with Crippen molar-refractivity contribution in [2.75, 3.05) is 0 Å². The topological polar surface area (TPSA) is 26.0 Å². The zero-order chi connectivity index (χ0) is 11.4. The fraction of sp³-hybridized carbons (Fsp3) is 0.538. The summed E-state index contributed by atoms with van der Waals surface area (Å²) in [4.78, 5) is 0. The maximum absolute atomic E-state index is 12.9. The van der Waals surface area contributed by atoms with Crippen LogP contribution in [-0.4, -0.2) is 5.92 Å². The summed E-state index contributed by atoms with van der Waals surface area (Å²) in [6.45, 7) is 0. The summed E-state index contributed by atoms with van der Waals surface area (Å²) >= 11 is 0. The molecule has 0 aromatic heterocycles. The Bertz CT molecular complexity index is 398. The number of rotatable bonds is 2. The molecule has 1 nitrogen and oxygen atoms in total. The second-order valence-corrected chi connectivity index (χ2v) is 5.26. The van der Waals surface area contributed by atoms with E-state index in [2.05, 4.69) is 0 Å². The van der Waals surface area contributed by atoms with Gasteiger partial charge in [0.15, 0.2) is 0 Å². The molecule has 0 unspecified atom stereocenters. The highest BCUT2D eigenvalue weighted by Crippen LogP contribution is 2.50. The van der Waals surface area contributed by atoms with Crippen molar-refractivity contribution >= 4 is 0 Å². The van der Waals surface area contributed by atoms with Gasteiger partial charge < -0.3 is 5.73 Å². The van der Waals surface area contributed by atoms with Crippen molar-refractivity contribution in [1.29, 1.82) is 0 Å². The van der Waals surface area contributed by atoms with Crippen molar-refractivity contribution in [3.63, 3.8) is 0 Å². The molecular formula is C13H15F2N. The molecule has 16 heavy (non-hydrogen) atoms. The summed E-state index contributed by atoms with van der Waals surface area (Å²) in [7, 11) is 0. The van der Waals surface area contributed by atoms with Crippen molar-refractivity contribution in [1.82, 2.24) is 0 Å². The fourth-order valence-electron chi connectivity index (χ4n) is 2.58. The van der Waals surface area contributed by atoms with Gasteiger partial charge in [0.1, 0.15) is 0 Å². The molecule has 2 aliphatic carbocycles. The molecule has 0 bridgehead atoms. The van der Waals surface area contributed by atoms with Gasteiger partial charge in [-0.05, 0) is 29.9 Å². The number of hydrogen-bond acceptors (Lipinski definition) is 1. The van der Waals surface area contributed by atoms with Crippen LogP contribution in [0, 0.1) is 0 Å². The minimum Gasteiger partial charge on any atom is -0.321 e. The minimum absolute atomic E-state index is 0.219. The highest BCUT2D eigenvalue weighted by atomic mass is 19.3. The Labute approximate surface area is 93.6 Å². The molecular weight excluding hydrogens is 208 g/mol. The summed E-state index contributed by atoms with van der Waals surface area (Å²) in [6, 6.07) is 7.92. The molecule has 2 N–H and O–H groups in total. The molecule has 0 saturated heterocycles. The molecule has 86 valence electrons. The van der Waals surface area contributed by atoms with Crippen LogP contribution < -0.4 is 5.73 Å². The van der Waals surface area contributed by atoms with E-state index in [1.54, 1.807) is 0 Å². The van der Waals surface area contributed by atoms with Crippen LogP contribution in [0.4, 0.5) is 8.78 Å². The summed E-state index contributed by atoms with van der Waals surface area (Å²) in [6.07, 6.45) is 2.07. The molecule has 2 aliphatic rings. The van der Waals surface area contributed by atoms with E-state index >= 15 is 0 Å². The fourth-order valence-corrected chi connectivity index (χ4v) is 2.58. The molecule has 2 saturated carbocycles. The van der Waals surface area contributed by atoms with Gasteiger partial charge in [-0.15, -0.1) is 0 Å². The highest BCUT2D eigenvalue weighted by Gasteiger charge is 2.55. The largest absolute Gasteiger partial charge is 0.321 e. The van der Waals surface area contributed by atoms with Crippen molar-refractivity contribution in [2.45, 2.75) is 43.1 Å². The lowest BCUT2D eigenvalue weighted by atomic mass is 9.70. The Hall–Kier alpha value is -0.960. The molecule has 0 spiro atoms. The Balaban J connectivity index is 1.79. The third kappa shape index (κ3) is 1.63. The lowest BCUT2D eigenvalue weighted by Crippen LogP contribution is -2.55. The van der Waals surface area contributed by atoms with Gasteiger partial charge in [-0.25, -0.2) is 8.78 Å². The highest BCUT2D eigenvalue weighted by molar-refractivity contribution is 5.34. The van der Waals surface area contributed by atoms with Crippen LogP contribution in [0.25, 0.3) is 0 Å². The van der Waals surface area contributed by atoms with Gasteiger partial charge in [0, 0.05) is 12.8 Å². The SMILES string of the molecule is NC1(c2ccc(C3CC3)cc2)CC(F)(F)C1. The van der Waals surface area contributed by atoms with Gasteiger partial charge >= 0.3 is 0 Å². The first-order valence-corrected chi connectivity index (χ1v) is 5.76. The lowest BCUT2D eigenvalue weighted by Gasteiger charge is -2.44. The maximum Gasteiger partial charge on any atom is 0.252 e. The molecule has 3 heteroatoms. The van der Waals surface area contributed by atoms with Crippen LogP contribution in [0.2, 0.25) is 0 Å². The Morgan fingerprint density at radius 2 is 1.62 bits per heavy atom. The van der Waals surface area contributed by atoms with Gasteiger partial charge in [-0.3, -0.25) is 0 Å². The summed E-state index contributed by atoms with van der Waals surface area (Å²) in [5.74, 6) is -1.87. The summed E-state index contributed by atoms with van der Waals surface area (Å²) < 4.78 is 25.7. The van der Waals surface area contributed by atoms with Crippen LogP contribution >= 0.6 is 0 Å². The maximum atomic E-state index is 12.9. The van der Waals surface area contributed by atoms with E-state index in [-0.39, 0.29) is 12.8 Å². The Kier molecular flexibility index (Phi) is 1.94. The average molecular weight is 223 g/mol. The Morgan fingerprint density at radius 3 is 2.06 bits per heavy atom. The number of nitrogens with two attached hydrogens (primary N) is 1. The standard InChI is InChI=1S/C13H15F2N/c14-13(15)7-12(16,8-13)11-5-3-10(4-6-11)9-1-2-9/h3-6,9H,1-2,7-8,16H2. The zero-order valence-corrected chi connectivity index (χ0v) is 9.05. The third-order valence-electron chi connectivity index (χ3n) is 3.68. The van der Waals surface area contributed by atoms with Gasteiger partial charge in [-0.2, -0.15) is 0 Å². The van der Waals surface area contributed by atoms with Gasteiger partial charge in [0.05, 0.1) is 5.54 Å². The predicted molar refractivity (Wildman–Crippen MR) is 58.5 cm³/mol. The molecule has 1 aromatic rings. The summed E-state index contributed by atoms with van der Waals surface area (Å²) in [5.41, 5.74) is 7.33. The van der Waals surface area contributed by atoms with E-state index in [1.165, 1.54) is 18.4 Å². The zero-order valence-electron chi connectivity index (χ0n) is 9.05. The summed E-state index contributed by atoms with van der Waals surface area (Å²) in [5, 5.41) is 0. The first-order valence-electron chi connectivity index (χ1n) is 5.76. The minimum atomic E-state index is -2.57.